The molecule has 0 saturated carbocycles. The Morgan fingerprint density at radius 2 is 0.985 bits per heavy atom. The molecule has 11 rings (SSSR count). The number of anilines is 2. The van der Waals surface area contributed by atoms with Crippen LogP contribution in [0.2, 0.25) is 0 Å². The van der Waals surface area contributed by atoms with E-state index in [1.165, 1.54) is 88.2 Å². The van der Waals surface area contributed by atoms with Gasteiger partial charge < -0.3 is 4.90 Å². The molecule has 1 nitrogen and oxygen atoms in total. The number of hydrogen-bond donors (Lipinski definition) is 0. The standard InChI is InChI=1S/C64H50NP/c1-5-6-21-45(3)66(53-26-14-9-15-27-53)54-37-40-58-57-38-35-49(41-60(57)64(61(58)43-54,51-22-10-7-11-23-51)52-24-12-8-13-25-52)47-31-33-48(34-32-47)50-36-39-59-56-29-18-17-28-55(56)46(4)65(63(59)42-50)62-30-19-16-20-44(62)2/h5-43H,4H2,1-3H3/b6-5-,45-21+. The summed E-state index contributed by atoms with van der Waals surface area (Å²) in [7, 11) is -0.780. The highest BCUT2D eigenvalue weighted by atomic mass is 31.1. The highest BCUT2D eigenvalue weighted by Gasteiger charge is 2.46. The molecule has 0 fully saturated rings. The lowest BCUT2D eigenvalue weighted by Gasteiger charge is -2.36. The maximum atomic E-state index is 4.65. The lowest BCUT2D eigenvalue weighted by atomic mass is 9.67. The summed E-state index contributed by atoms with van der Waals surface area (Å²) in [5.41, 5.74) is 20.0. The van der Waals surface area contributed by atoms with Crippen LogP contribution in [0.1, 0.15) is 47.2 Å². The van der Waals surface area contributed by atoms with E-state index < -0.39 is 13.3 Å². The van der Waals surface area contributed by atoms with Crippen LogP contribution >= 0.6 is 7.92 Å². The summed E-state index contributed by atoms with van der Waals surface area (Å²) in [6.07, 6.45) is 6.59. The maximum Gasteiger partial charge on any atom is 0.0714 e. The molecule has 2 aliphatic rings. The van der Waals surface area contributed by atoms with Crippen molar-refractivity contribution >= 4 is 35.6 Å². The van der Waals surface area contributed by atoms with Crippen LogP contribution in [0.15, 0.2) is 249 Å². The fourth-order valence-electron chi connectivity index (χ4n) is 10.5. The third kappa shape index (κ3) is 6.82. The summed E-state index contributed by atoms with van der Waals surface area (Å²) in [4.78, 5) is 2.34. The van der Waals surface area contributed by atoms with Crippen molar-refractivity contribution < 1.29 is 0 Å². The van der Waals surface area contributed by atoms with Crippen molar-refractivity contribution in [3.8, 4) is 44.5 Å². The van der Waals surface area contributed by atoms with Crippen molar-refractivity contribution in [1.82, 2.24) is 0 Å². The van der Waals surface area contributed by atoms with E-state index in [9.17, 15) is 0 Å². The van der Waals surface area contributed by atoms with Gasteiger partial charge in [0.1, 0.15) is 0 Å². The van der Waals surface area contributed by atoms with Gasteiger partial charge in [-0.25, -0.2) is 0 Å². The van der Waals surface area contributed by atoms with Crippen molar-refractivity contribution in [1.29, 1.82) is 0 Å². The largest absolute Gasteiger partial charge is 0.310 e. The van der Waals surface area contributed by atoms with E-state index in [0.29, 0.717) is 0 Å². The molecule has 0 bridgehead atoms. The van der Waals surface area contributed by atoms with Gasteiger partial charge in [-0.15, -0.1) is 0 Å². The second-order valence-corrected chi connectivity index (χ2v) is 19.8. The van der Waals surface area contributed by atoms with Crippen LogP contribution in [0.3, 0.4) is 0 Å². The number of hydrogen-bond acceptors (Lipinski definition) is 1. The van der Waals surface area contributed by atoms with Gasteiger partial charge in [-0.2, -0.15) is 0 Å². The monoisotopic (exact) mass is 863 g/mol. The van der Waals surface area contributed by atoms with Gasteiger partial charge in [-0.1, -0.05) is 219 Å². The molecule has 66 heavy (non-hydrogen) atoms. The molecular formula is C64H50NP. The van der Waals surface area contributed by atoms with Gasteiger partial charge in [0.15, 0.2) is 0 Å². The first kappa shape index (κ1) is 41.2. The molecule has 2 heteroatoms. The fourth-order valence-corrected chi connectivity index (χ4v) is 12.8. The molecule has 9 aromatic rings. The van der Waals surface area contributed by atoms with E-state index in [0.717, 1.165) is 22.6 Å². The zero-order valence-corrected chi connectivity index (χ0v) is 38.5. The first-order chi connectivity index (χ1) is 32.4. The Labute approximate surface area is 391 Å². The predicted molar refractivity (Wildman–Crippen MR) is 284 cm³/mol. The summed E-state index contributed by atoms with van der Waals surface area (Å²) in [5.74, 6) is 0. The molecule has 0 N–H and O–H groups in total. The van der Waals surface area contributed by atoms with Gasteiger partial charge in [-0.05, 0) is 136 Å². The van der Waals surface area contributed by atoms with Crippen LogP contribution < -0.4 is 15.5 Å². The Bertz CT molecular complexity index is 3300. The minimum atomic E-state index is -0.780. The lowest BCUT2D eigenvalue weighted by Crippen LogP contribution is -2.29. The quantitative estimate of drug-likeness (QED) is 0.103. The first-order valence-corrected chi connectivity index (χ1v) is 24.2. The van der Waals surface area contributed by atoms with E-state index in [1.54, 1.807) is 0 Å². The minimum absolute atomic E-state index is 0.535. The Balaban J connectivity index is 1.04. The van der Waals surface area contributed by atoms with Crippen LogP contribution in [0.5, 0.6) is 0 Å². The van der Waals surface area contributed by atoms with E-state index in [-0.39, 0.29) is 0 Å². The number of nitrogens with zero attached hydrogens (tertiary/aromatic N) is 1. The third-order valence-electron chi connectivity index (χ3n) is 13.6. The van der Waals surface area contributed by atoms with Gasteiger partial charge in [0.2, 0.25) is 0 Å². The van der Waals surface area contributed by atoms with Crippen LogP contribution in [0, 0.1) is 6.92 Å². The van der Waals surface area contributed by atoms with E-state index in [1.807, 2.05) is 0 Å². The number of allylic oxidation sites excluding steroid dienone is 4. The maximum absolute atomic E-state index is 4.65. The lowest BCUT2D eigenvalue weighted by molar-refractivity contribution is 0.769. The second-order valence-electron chi connectivity index (χ2n) is 17.4. The normalized spacial score (nSPS) is 14.1. The van der Waals surface area contributed by atoms with Crippen molar-refractivity contribution in [3.63, 3.8) is 0 Å². The molecule has 1 atom stereocenters. The molecular weight excluding hydrogens is 814 g/mol. The van der Waals surface area contributed by atoms with E-state index >= 15 is 0 Å². The molecule has 1 aliphatic heterocycles. The highest BCUT2D eigenvalue weighted by Crippen LogP contribution is 2.58. The van der Waals surface area contributed by atoms with Crippen LogP contribution in [-0.2, 0) is 5.41 Å². The zero-order valence-electron chi connectivity index (χ0n) is 37.6. The smallest absolute Gasteiger partial charge is 0.0714 e. The minimum Gasteiger partial charge on any atom is -0.310 e. The van der Waals surface area contributed by atoms with Crippen LogP contribution in [0.4, 0.5) is 11.4 Å². The van der Waals surface area contributed by atoms with Crippen LogP contribution in [-0.4, -0.2) is 0 Å². The molecule has 0 aromatic heterocycles. The topological polar surface area (TPSA) is 3.24 Å². The molecule has 1 heterocycles. The summed E-state index contributed by atoms with van der Waals surface area (Å²) in [5, 5.41) is 4.08. The fraction of sp³-hybridized carbons (Fsp3) is 0.0625. The van der Waals surface area contributed by atoms with Gasteiger partial charge in [-0.3, -0.25) is 0 Å². The number of benzene rings is 9. The van der Waals surface area contributed by atoms with Gasteiger partial charge in [0, 0.05) is 22.5 Å². The molecule has 0 amide bonds. The van der Waals surface area contributed by atoms with Gasteiger partial charge in [0.05, 0.1) is 11.1 Å². The number of rotatable bonds is 9. The first-order valence-electron chi connectivity index (χ1n) is 22.9. The molecule has 1 aliphatic carbocycles. The number of fused-ring (bicyclic) bond motifs is 6. The van der Waals surface area contributed by atoms with Crippen molar-refractivity contribution in [3.05, 3.63) is 282 Å². The third-order valence-corrected chi connectivity index (χ3v) is 16.1. The molecule has 0 radical (unpaired) electrons. The molecule has 0 spiro atoms. The summed E-state index contributed by atoms with van der Waals surface area (Å²) in [6.45, 7) is 11.2. The van der Waals surface area contributed by atoms with Crippen molar-refractivity contribution in [2.45, 2.75) is 26.2 Å². The average molecular weight is 864 g/mol. The summed E-state index contributed by atoms with van der Waals surface area (Å²) < 4.78 is 0. The number of para-hydroxylation sites is 1. The highest BCUT2D eigenvalue weighted by molar-refractivity contribution is 7.76. The van der Waals surface area contributed by atoms with Gasteiger partial charge >= 0.3 is 0 Å². The Morgan fingerprint density at radius 1 is 0.470 bits per heavy atom. The van der Waals surface area contributed by atoms with Crippen molar-refractivity contribution in [2.24, 2.45) is 0 Å². The number of aryl methyl sites for hydroxylation is 1. The summed E-state index contributed by atoms with van der Waals surface area (Å²) >= 11 is 0. The Kier molecular flexibility index (Phi) is 10.7. The van der Waals surface area contributed by atoms with Crippen molar-refractivity contribution in [2.75, 3.05) is 4.90 Å². The Hall–Kier alpha value is -7.57. The molecule has 0 saturated heterocycles. The second kappa shape index (κ2) is 17.1. The predicted octanol–water partition coefficient (Wildman–Crippen LogP) is 16.4. The SMILES string of the molecule is C=C1c2ccccc2-c2ccc(-c3ccc(-c4ccc5c(c4)C(c4ccccc4)(c4ccccc4)c4cc(P(/C(C)=C/C=C\C)c6ccccc6)ccc4-5)cc3)cc2N1c1ccccc1C. The Morgan fingerprint density at radius 3 is 1.62 bits per heavy atom. The van der Waals surface area contributed by atoms with E-state index in [4.69, 9.17) is 0 Å². The van der Waals surface area contributed by atoms with Gasteiger partial charge in [0.25, 0.3) is 0 Å². The van der Waals surface area contributed by atoms with E-state index in [2.05, 4.69) is 269 Å². The molecule has 1 unspecified atom stereocenters. The summed E-state index contributed by atoms with van der Waals surface area (Å²) in [6, 6.07) is 81.2. The van der Waals surface area contributed by atoms with Crippen LogP contribution in [0.25, 0.3) is 50.2 Å². The molecule has 316 valence electrons. The zero-order chi connectivity index (χ0) is 44.8. The average Bonchev–Trinajstić information content (AvgIpc) is 3.67. The molecule has 9 aromatic carbocycles.